The molecule has 5 unspecified atom stereocenters. The van der Waals surface area contributed by atoms with Crippen LogP contribution in [0.4, 0.5) is 5.13 Å². The molecule has 3 rings (SSSR count). The van der Waals surface area contributed by atoms with Crippen LogP contribution in [0.3, 0.4) is 0 Å². The van der Waals surface area contributed by atoms with E-state index in [0.29, 0.717) is 5.13 Å². The number of aliphatic hydroxyl groups excluding tert-OH is 3. The van der Waals surface area contributed by atoms with Crippen LogP contribution in [0.25, 0.3) is 0 Å². The second kappa shape index (κ2) is 8.20. The van der Waals surface area contributed by atoms with E-state index in [4.69, 9.17) is 14.6 Å². The molecule has 10 nitrogen and oxygen atoms in total. The summed E-state index contributed by atoms with van der Waals surface area (Å²) in [6.07, 6.45) is -7.19. The van der Waals surface area contributed by atoms with Crippen molar-refractivity contribution in [2.75, 3.05) is 5.32 Å². The van der Waals surface area contributed by atoms with Crippen molar-refractivity contribution in [2.45, 2.75) is 37.6 Å². The minimum atomic E-state index is -1.83. The molecule has 150 valence electrons. The van der Waals surface area contributed by atoms with Gasteiger partial charge in [0.25, 0.3) is 5.91 Å². The average molecular weight is 410 g/mol. The van der Waals surface area contributed by atoms with Crippen molar-refractivity contribution in [3.63, 3.8) is 0 Å². The highest BCUT2D eigenvalue weighted by Crippen LogP contribution is 2.27. The summed E-state index contributed by atoms with van der Waals surface area (Å²) in [6.45, 7) is 1.84. The molecular formula is C17H18N2O8S. The van der Waals surface area contributed by atoms with Crippen LogP contribution >= 0.6 is 11.3 Å². The van der Waals surface area contributed by atoms with Crippen LogP contribution in [0, 0.1) is 6.92 Å². The maximum atomic E-state index is 12.5. The second-order valence-corrected chi connectivity index (χ2v) is 7.31. The standard InChI is InChI=1S/C17H18N2O8S/c1-7-6-18-17(28-7)19-14(23)8-4-2-3-5-9(8)26-16-12(22)10(20)11(21)13(27-16)15(24)25/h2-6,10-13,16,20-22H,1H3,(H,24,25)(H,18,19,23). The van der Waals surface area contributed by atoms with Gasteiger partial charge in [-0.25, -0.2) is 9.78 Å². The summed E-state index contributed by atoms with van der Waals surface area (Å²) in [6, 6.07) is 6.03. The first-order valence-corrected chi connectivity index (χ1v) is 9.01. The number of hydrogen-bond acceptors (Lipinski definition) is 9. The number of carboxylic acid groups (broad SMARTS) is 1. The van der Waals surface area contributed by atoms with Gasteiger partial charge in [0.05, 0.1) is 5.56 Å². The predicted molar refractivity (Wildman–Crippen MR) is 96.2 cm³/mol. The number of carboxylic acids is 1. The van der Waals surface area contributed by atoms with Crippen LogP contribution in [0.2, 0.25) is 0 Å². The maximum Gasteiger partial charge on any atom is 0.335 e. The van der Waals surface area contributed by atoms with E-state index < -0.39 is 42.6 Å². The molecule has 0 aliphatic carbocycles. The number of benzene rings is 1. The Morgan fingerprint density at radius 2 is 1.89 bits per heavy atom. The van der Waals surface area contributed by atoms with Crippen molar-refractivity contribution in [1.29, 1.82) is 0 Å². The quantitative estimate of drug-likeness (QED) is 0.456. The molecule has 5 atom stereocenters. The smallest absolute Gasteiger partial charge is 0.335 e. The van der Waals surface area contributed by atoms with Crippen LogP contribution in [-0.4, -0.2) is 68.0 Å². The number of nitrogens with zero attached hydrogens (tertiary/aromatic N) is 1. The van der Waals surface area contributed by atoms with Gasteiger partial charge in [-0.2, -0.15) is 0 Å². The molecule has 5 N–H and O–H groups in total. The Kier molecular flexibility index (Phi) is 5.91. The molecule has 2 aromatic rings. The fourth-order valence-corrected chi connectivity index (χ4v) is 3.27. The lowest BCUT2D eigenvalue weighted by atomic mass is 9.99. The first kappa shape index (κ1) is 20.2. The number of rotatable bonds is 5. The summed E-state index contributed by atoms with van der Waals surface area (Å²) < 4.78 is 10.6. The van der Waals surface area contributed by atoms with Gasteiger partial charge in [0.2, 0.25) is 6.29 Å². The zero-order chi connectivity index (χ0) is 20.4. The number of thiazole rings is 1. The Morgan fingerprint density at radius 3 is 2.54 bits per heavy atom. The van der Waals surface area contributed by atoms with Crippen molar-refractivity contribution in [1.82, 2.24) is 4.98 Å². The SMILES string of the molecule is Cc1cnc(NC(=O)c2ccccc2OC2OC(C(=O)O)C(O)C(O)C2O)s1. The molecule has 0 radical (unpaired) electrons. The van der Waals surface area contributed by atoms with E-state index in [1.165, 1.54) is 23.5 Å². The number of carbonyl (C=O) groups excluding carboxylic acids is 1. The number of para-hydroxylation sites is 1. The number of hydrogen-bond donors (Lipinski definition) is 5. The summed E-state index contributed by atoms with van der Waals surface area (Å²) in [5.41, 5.74) is 0.0821. The Hall–Kier alpha value is -2.57. The summed E-state index contributed by atoms with van der Waals surface area (Å²) in [4.78, 5) is 28.7. The van der Waals surface area contributed by atoms with E-state index in [-0.39, 0.29) is 11.3 Å². The molecule has 1 aromatic heterocycles. The first-order valence-electron chi connectivity index (χ1n) is 8.20. The van der Waals surface area contributed by atoms with Gasteiger partial charge < -0.3 is 29.9 Å². The van der Waals surface area contributed by atoms with Crippen molar-refractivity contribution >= 4 is 28.3 Å². The van der Waals surface area contributed by atoms with Crippen molar-refractivity contribution in [3.05, 3.63) is 40.9 Å². The molecule has 0 spiro atoms. The van der Waals surface area contributed by atoms with Gasteiger partial charge in [-0.05, 0) is 19.1 Å². The summed E-state index contributed by atoms with van der Waals surface area (Å²) in [5.74, 6) is -2.08. The molecule has 0 saturated carbocycles. The number of carbonyl (C=O) groups is 2. The average Bonchev–Trinajstić information content (AvgIpc) is 3.06. The van der Waals surface area contributed by atoms with Crippen molar-refractivity contribution < 1.29 is 39.5 Å². The lowest BCUT2D eigenvalue weighted by molar-refractivity contribution is -0.271. The molecule has 1 aliphatic heterocycles. The van der Waals surface area contributed by atoms with E-state index in [9.17, 15) is 24.9 Å². The molecule has 1 aromatic carbocycles. The Balaban J connectivity index is 1.80. The molecule has 0 bridgehead atoms. The maximum absolute atomic E-state index is 12.5. The summed E-state index contributed by atoms with van der Waals surface area (Å²) >= 11 is 1.28. The van der Waals surface area contributed by atoms with Crippen molar-refractivity contribution in [2.24, 2.45) is 0 Å². The number of aliphatic carboxylic acids is 1. The summed E-state index contributed by atoms with van der Waals surface area (Å²) in [7, 11) is 0. The van der Waals surface area contributed by atoms with Crippen LogP contribution < -0.4 is 10.1 Å². The van der Waals surface area contributed by atoms with Crippen LogP contribution in [0.15, 0.2) is 30.5 Å². The van der Waals surface area contributed by atoms with Gasteiger partial charge in [-0.1, -0.05) is 12.1 Å². The zero-order valence-electron chi connectivity index (χ0n) is 14.6. The molecule has 2 heterocycles. The van der Waals surface area contributed by atoms with Gasteiger partial charge in [0.1, 0.15) is 24.1 Å². The Labute approximate surface area is 163 Å². The summed E-state index contributed by atoms with van der Waals surface area (Å²) in [5, 5.41) is 41.8. The Morgan fingerprint density at radius 1 is 1.18 bits per heavy atom. The van der Waals surface area contributed by atoms with Gasteiger partial charge >= 0.3 is 5.97 Å². The van der Waals surface area contributed by atoms with E-state index in [2.05, 4.69) is 10.3 Å². The Bertz CT molecular complexity index is 872. The lowest BCUT2D eigenvalue weighted by Crippen LogP contribution is -2.61. The number of anilines is 1. The molecule has 1 aliphatic rings. The molecule has 28 heavy (non-hydrogen) atoms. The molecular weight excluding hydrogens is 392 g/mol. The van der Waals surface area contributed by atoms with Crippen LogP contribution in [0.5, 0.6) is 5.75 Å². The molecule has 1 amide bonds. The number of nitrogens with one attached hydrogen (secondary N) is 1. The van der Waals surface area contributed by atoms with Crippen molar-refractivity contribution in [3.8, 4) is 5.75 Å². The molecule has 1 fully saturated rings. The topological polar surface area (TPSA) is 158 Å². The lowest BCUT2D eigenvalue weighted by Gasteiger charge is -2.38. The minimum Gasteiger partial charge on any atom is -0.479 e. The number of aromatic nitrogens is 1. The zero-order valence-corrected chi connectivity index (χ0v) is 15.4. The highest BCUT2D eigenvalue weighted by molar-refractivity contribution is 7.15. The van der Waals surface area contributed by atoms with Crippen LogP contribution in [0.1, 0.15) is 15.2 Å². The van der Waals surface area contributed by atoms with Gasteiger partial charge in [0, 0.05) is 11.1 Å². The van der Waals surface area contributed by atoms with E-state index in [1.54, 1.807) is 18.3 Å². The normalized spacial score (nSPS) is 27.2. The minimum absolute atomic E-state index is 0.00921. The monoisotopic (exact) mass is 410 g/mol. The number of aliphatic hydroxyl groups is 3. The third kappa shape index (κ3) is 4.13. The highest BCUT2D eigenvalue weighted by atomic mass is 32.1. The van der Waals surface area contributed by atoms with Gasteiger partial charge in [0.15, 0.2) is 11.2 Å². The van der Waals surface area contributed by atoms with E-state index in [0.717, 1.165) is 4.88 Å². The fraction of sp³-hybridized carbons (Fsp3) is 0.353. The fourth-order valence-electron chi connectivity index (χ4n) is 2.61. The third-order valence-electron chi connectivity index (χ3n) is 4.03. The number of ether oxygens (including phenoxy) is 2. The van der Waals surface area contributed by atoms with Gasteiger partial charge in [-0.15, -0.1) is 11.3 Å². The largest absolute Gasteiger partial charge is 0.479 e. The second-order valence-electron chi connectivity index (χ2n) is 6.08. The molecule has 11 heteroatoms. The first-order chi connectivity index (χ1) is 13.3. The van der Waals surface area contributed by atoms with Gasteiger partial charge in [-0.3, -0.25) is 10.1 Å². The van der Waals surface area contributed by atoms with Crippen LogP contribution in [-0.2, 0) is 9.53 Å². The number of amides is 1. The predicted octanol–water partition coefficient (Wildman–Crippen LogP) is -0.0252. The van der Waals surface area contributed by atoms with E-state index in [1.807, 2.05) is 6.92 Å². The third-order valence-corrected chi connectivity index (χ3v) is 4.86. The highest BCUT2D eigenvalue weighted by Gasteiger charge is 2.48. The number of aryl methyl sites for hydroxylation is 1. The molecule has 1 saturated heterocycles. The van der Waals surface area contributed by atoms with E-state index >= 15 is 0 Å².